The Labute approximate surface area is 172 Å². The van der Waals surface area contributed by atoms with E-state index in [-0.39, 0.29) is 6.61 Å². The second-order valence-corrected chi connectivity index (χ2v) is 7.79. The molecule has 0 atom stereocenters. The molecule has 0 aliphatic heterocycles. The Bertz CT molecular complexity index is 1290. The van der Waals surface area contributed by atoms with Crippen molar-refractivity contribution in [2.75, 3.05) is 0 Å². The van der Waals surface area contributed by atoms with Gasteiger partial charge in [-0.05, 0) is 11.1 Å². The lowest BCUT2D eigenvalue weighted by molar-refractivity contribution is 0.278. The maximum absolute atomic E-state index is 10.2. The van der Waals surface area contributed by atoms with Crippen LogP contribution < -0.4 is 0 Å². The lowest BCUT2D eigenvalue weighted by Gasteiger charge is -2.08. The van der Waals surface area contributed by atoms with Gasteiger partial charge in [0.1, 0.15) is 10.5 Å². The smallest absolute Gasteiger partial charge is 0.181 e. The van der Waals surface area contributed by atoms with Gasteiger partial charge in [0, 0.05) is 29.1 Å². The van der Waals surface area contributed by atoms with Crippen molar-refractivity contribution in [1.82, 2.24) is 19.5 Å². The molecule has 1 N–H and O–H groups in total. The third-order valence-corrected chi connectivity index (χ3v) is 5.94. The first-order chi connectivity index (χ1) is 14.2. The largest absolute Gasteiger partial charge is 0.390 e. The molecule has 142 valence electrons. The molecule has 5 nitrogen and oxygen atoms in total. The molecule has 3 heterocycles. The summed E-state index contributed by atoms with van der Waals surface area (Å²) >= 11 is 1.62. The Morgan fingerprint density at radius 1 is 0.931 bits per heavy atom. The highest BCUT2D eigenvalue weighted by atomic mass is 32.1. The first kappa shape index (κ1) is 17.7. The minimum absolute atomic E-state index is 0.163. The van der Waals surface area contributed by atoms with Crippen molar-refractivity contribution < 1.29 is 5.11 Å². The van der Waals surface area contributed by atoms with E-state index in [0.717, 1.165) is 31.8 Å². The zero-order chi connectivity index (χ0) is 19.8. The maximum Gasteiger partial charge on any atom is 0.181 e. The zero-order valence-corrected chi connectivity index (χ0v) is 16.6. The fourth-order valence-corrected chi connectivity index (χ4v) is 4.72. The number of hydrogen-bond donors (Lipinski definition) is 1. The highest BCUT2D eigenvalue weighted by Gasteiger charge is 2.21. The summed E-state index contributed by atoms with van der Waals surface area (Å²) in [6.45, 7) is -0.163. The van der Waals surface area contributed by atoms with Crippen LogP contribution in [0.1, 0.15) is 5.69 Å². The summed E-state index contributed by atoms with van der Waals surface area (Å²) in [5.41, 5.74) is 4.58. The molecule has 0 amide bonds. The molecule has 29 heavy (non-hydrogen) atoms. The van der Waals surface area contributed by atoms with Crippen molar-refractivity contribution in [1.29, 1.82) is 0 Å². The van der Waals surface area contributed by atoms with E-state index in [0.29, 0.717) is 17.2 Å². The van der Waals surface area contributed by atoms with E-state index in [9.17, 15) is 5.11 Å². The maximum atomic E-state index is 10.2. The van der Waals surface area contributed by atoms with Crippen LogP contribution >= 0.6 is 11.3 Å². The molecule has 0 fully saturated rings. The summed E-state index contributed by atoms with van der Waals surface area (Å²) in [6.07, 6.45) is 3.60. The first-order valence-corrected chi connectivity index (χ1v) is 10.1. The molecule has 0 radical (unpaired) electrons. The quantitative estimate of drug-likeness (QED) is 0.467. The average Bonchev–Trinajstić information content (AvgIpc) is 3.38. The molecular weight excluding hydrogens is 380 g/mol. The summed E-state index contributed by atoms with van der Waals surface area (Å²) < 4.78 is 1.86. The van der Waals surface area contributed by atoms with Gasteiger partial charge >= 0.3 is 0 Å². The molecule has 0 saturated carbocycles. The Morgan fingerprint density at radius 3 is 2.24 bits per heavy atom. The third-order valence-electron chi connectivity index (χ3n) is 4.81. The molecule has 0 bridgehead atoms. The highest BCUT2D eigenvalue weighted by molar-refractivity contribution is 7.22. The topological polar surface area (TPSA) is 63.8 Å². The van der Waals surface area contributed by atoms with Crippen molar-refractivity contribution in [3.05, 3.63) is 78.9 Å². The second kappa shape index (κ2) is 7.24. The monoisotopic (exact) mass is 398 g/mol. The number of imidazole rings is 1. The SMILES string of the molecule is Cn1cnc(-c2nc(CO)c3c(-c4ccccc4)c(-c4ccccc4)sc3n2)c1. The zero-order valence-electron chi connectivity index (χ0n) is 15.8. The number of nitrogens with zero attached hydrogens (tertiary/aromatic N) is 4. The molecule has 3 aromatic heterocycles. The summed E-state index contributed by atoms with van der Waals surface area (Å²) in [4.78, 5) is 15.8. The second-order valence-electron chi connectivity index (χ2n) is 6.79. The number of thiophene rings is 1. The van der Waals surface area contributed by atoms with Crippen molar-refractivity contribution in [3.8, 4) is 33.1 Å². The summed E-state index contributed by atoms with van der Waals surface area (Å²) in [7, 11) is 1.91. The molecule has 0 saturated heterocycles. The predicted molar refractivity (Wildman–Crippen MR) is 116 cm³/mol. The third kappa shape index (κ3) is 3.12. The van der Waals surface area contributed by atoms with Crippen LogP contribution in [0.15, 0.2) is 73.2 Å². The molecule has 2 aromatic carbocycles. The van der Waals surface area contributed by atoms with Crippen LogP contribution in [-0.4, -0.2) is 24.6 Å². The normalized spacial score (nSPS) is 11.2. The van der Waals surface area contributed by atoms with E-state index in [1.807, 2.05) is 54.2 Å². The van der Waals surface area contributed by atoms with Crippen molar-refractivity contribution in [2.24, 2.45) is 7.05 Å². The van der Waals surface area contributed by atoms with Gasteiger partial charge in [-0.1, -0.05) is 60.7 Å². The number of aliphatic hydroxyl groups is 1. The Balaban J connectivity index is 1.84. The van der Waals surface area contributed by atoms with Crippen LogP contribution in [0.4, 0.5) is 0 Å². The van der Waals surface area contributed by atoms with Gasteiger partial charge in [-0.15, -0.1) is 11.3 Å². The van der Waals surface area contributed by atoms with Crippen molar-refractivity contribution in [3.63, 3.8) is 0 Å². The Morgan fingerprint density at radius 2 is 1.62 bits per heavy atom. The van der Waals surface area contributed by atoms with Gasteiger partial charge in [-0.3, -0.25) is 0 Å². The lowest BCUT2D eigenvalue weighted by Crippen LogP contribution is -1.97. The predicted octanol–water partition coefficient (Wildman–Crippen LogP) is 4.92. The van der Waals surface area contributed by atoms with Crippen molar-refractivity contribution in [2.45, 2.75) is 6.61 Å². The standard InChI is InChI=1S/C23H18N4OS/c1-27-12-17(24-14-27)22-25-18(13-28)20-19(15-8-4-2-5-9-15)21(29-23(20)26-22)16-10-6-3-7-11-16/h2-12,14,28H,13H2,1H3. The molecule has 0 aliphatic rings. The van der Waals surface area contributed by atoms with Gasteiger partial charge in [0.25, 0.3) is 0 Å². The Hall–Kier alpha value is -3.35. The summed E-state index contributed by atoms with van der Waals surface area (Å²) in [5.74, 6) is 0.530. The number of fused-ring (bicyclic) bond motifs is 1. The number of rotatable bonds is 4. The number of hydrogen-bond acceptors (Lipinski definition) is 5. The minimum atomic E-state index is -0.163. The minimum Gasteiger partial charge on any atom is -0.390 e. The van der Waals surface area contributed by atoms with E-state index in [4.69, 9.17) is 4.98 Å². The van der Waals surface area contributed by atoms with Crippen LogP contribution in [0.25, 0.3) is 43.3 Å². The van der Waals surface area contributed by atoms with Gasteiger partial charge in [-0.25, -0.2) is 15.0 Å². The van der Waals surface area contributed by atoms with Crippen LogP contribution in [0.5, 0.6) is 0 Å². The van der Waals surface area contributed by atoms with Gasteiger partial charge in [0.2, 0.25) is 0 Å². The first-order valence-electron chi connectivity index (χ1n) is 9.28. The Kier molecular flexibility index (Phi) is 4.42. The molecule has 5 rings (SSSR count). The van der Waals surface area contributed by atoms with E-state index >= 15 is 0 Å². The number of aromatic nitrogens is 4. The fourth-order valence-electron chi connectivity index (χ4n) is 3.50. The fraction of sp³-hybridized carbons (Fsp3) is 0.0870. The van der Waals surface area contributed by atoms with E-state index in [1.54, 1.807) is 17.7 Å². The lowest BCUT2D eigenvalue weighted by atomic mass is 9.99. The van der Waals surface area contributed by atoms with E-state index in [1.165, 1.54) is 0 Å². The van der Waals surface area contributed by atoms with Crippen molar-refractivity contribution >= 4 is 21.6 Å². The van der Waals surface area contributed by atoms with E-state index < -0.39 is 0 Å². The summed E-state index contributed by atoms with van der Waals surface area (Å²) in [5, 5.41) is 11.1. The summed E-state index contributed by atoms with van der Waals surface area (Å²) in [6, 6.07) is 20.5. The molecule has 0 spiro atoms. The van der Waals surface area contributed by atoms with E-state index in [2.05, 4.69) is 34.2 Å². The van der Waals surface area contributed by atoms with Gasteiger partial charge in [-0.2, -0.15) is 0 Å². The van der Waals surface area contributed by atoms with Crippen LogP contribution in [0, 0.1) is 0 Å². The molecule has 0 aliphatic carbocycles. The molecule has 5 aromatic rings. The molecule has 0 unspecified atom stereocenters. The van der Waals surface area contributed by atoms with Crippen LogP contribution in [0.3, 0.4) is 0 Å². The van der Waals surface area contributed by atoms with Gasteiger partial charge in [0.05, 0.1) is 18.6 Å². The number of aliphatic hydroxyl groups excluding tert-OH is 1. The molecular formula is C23H18N4OS. The number of aryl methyl sites for hydroxylation is 1. The van der Waals surface area contributed by atoms with Crippen LogP contribution in [0.2, 0.25) is 0 Å². The number of benzene rings is 2. The highest BCUT2D eigenvalue weighted by Crippen LogP contribution is 2.45. The van der Waals surface area contributed by atoms with Gasteiger partial charge in [0.15, 0.2) is 5.82 Å². The van der Waals surface area contributed by atoms with Gasteiger partial charge < -0.3 is 9.67 Å². The van der Waals surface area contributed by atoms with Crippen LogP contribution in [-0.2, 0) is 13.7 Å². The molecule has 6 heteroatoms. The average molecular weight is 398 g/mol.